The van der Waals surface area contributed by atoms with Gasteiger partial charge in [0.15, 0.2) is 10.9 Å². The van der Waals surface area contributed by atoms with Crippen LogP contribution in [0.15, 0.2) is 5.16 Å². The number of hydrogen-bond acceptors (Lipinski definition) is 6. The van der Waals surface area contributed by atoms with Crippen LogP contribution < -0.4 is 0 Å². The Morgan fingerprint density at radius 2 is 1.80 bits per heavy atom. The van der Waals surface area contributed by atoms with Crippen LogP contribution in [0.4, 0.5) is 4.79 Å². The van der Waals surface area contributed by atoms with Gasteiger partial charge in [-0.3, -0.25) is 4.79 Å². The minimum absolute atomic E-state index is 0.00488. The van der Waals surface area contributed by atoms with Crippen molar-refractivity contribution in [1.29, 1.82) is 0 Å². The molecule has 2 rings (SSSR count). The first-order valence-corrected chi connectivity index (χ1v) is 9.76. The lowest BCUT2D eigenvalue weighted by atomic mass is 9.89. The molecule has 2 heterocycles. The molecule has 1 saturated heterocycles. The minimum atomic E-state index is -0.493. The van der Waals surface area contributed by atoms with Gasteiger partial charge in [-0.15, -0.1) is 0 Å². The fourth-order valence-electron chi connectivity index (χ4n) is 3.05. The fourth-order valence-corrected chi connectivity index (χ4v) is 3.47. The van der Waals surface area contributed by atoms with Crippen LogP contribution in [0.5, 0.6) is 0 Å². The van der Waals surface area contributed by atoms with Gasteiger partial charge in [-0.2, -0.15) is 0 Å². The molecule has 6 nitrogen and oxygen atoms in total. The van der Waals surface area contributed by atoms with Gasteiger partial charge in [0.2, 0.25) is 0 Å². The normalized spacial score (nSPS) is 16.0. The van der Waals surface area contributed by atoms with Crippen molar-refractivity contribution in [1.82, 2.24) is 14.9 Å². The van der Waals surface area contributed by atoms with E-state index < -0.39 is 5.60 Å². The Hall–Kier alpha value is -1.63. The smallest absolute Gasteiger partial charge is 0.410 e. The van der Waals surface area contributed by atoms with Gasteiger partial charge in [0.25, 0.3) is 0 Å². The van der Waals surface area contributed by atoms with Gasteiger partial charge in [0.05, 0.1) is 17.0 Å². The molecule has 0 atom stereocenters. The Balaban J connectivity index is 2.16. The highest BCUT2D eigenvalue weighted by Gasteiger charge is 2.30. The number of carbonyl (C=O) groups excluding carboxylic acids is 2. The SMILES string of the molecule is CSc1nc(C)c(C(C)=O)c(C2CCN(C(=O)OC(C)(C)C)CC2)n1. The van der Waals surface area contributed by atoms with Crippen molar-refractivity contribution < 1.29 is 14.3 Å². The van der Waals surface area contributed by atoms with Crippen LogP contribution in [0, 0.1) is 6.92 Å². The zero-order chi connectivity index (χ0) is 18.8. The minimum Gasteiger partial charge on any atom is -0.444 e. The van der Waals surface area contributed by atoms with Crippen molar-refractivity contribution in [2.75, 3.05) is 19.3 Å². The largest absolute Gasteiger partial charge is 0.444 e. The summed E-state index contributed by atoms with van der Waals surface area (Å²) in [5, 5.41) is 0.687. The highest BCUT2D eigenvalue weighted by molar-refractivity contribution is 7.98. The van der Waals surface area contributed by atoms with Crippen molar-refractivity contribution in [2.24, 2.45) is 0 Å². The molecule has 1 aliphatic rings. The number of ketones is 1. The number of aryl methyl sites for hydroxylation is 1. The van der Waals surface area contributed by atoms with E-state index in [0.717, 1.165) is 24.2 Å². The van der Waals surface area contributed by atoms with Crippen molar-refractivity contribution in [2.45, 2.75) is 64.1 Å². The van der Waals surface area contributed by atoms with Gasteiger partial charge in [-0.1, -0.05) is 11.8 Å². The number of hydrogen-bond donors (Lipinski definition) is 0. The van der Waals surface area contributed by atoms with Gasteiger partial charge in [0, 0.05) is 19.0 Å². The monoisotopic (exact) mass is 365 g/mol. The van der Waals surface area contributed by atoms with Crippen LogP contribution in [0.25, 0.3) is 0 Å². The second kappa shape index (κ2) is 7.72. The maximum absolute atomic E-state index is 12.2. The number of rotatable bonds is 3. The van der Waals surface area contributed by atoms with Gasteiger partial charge in [-0.25, -0.2) is 14.8 Å². The highest BCUT2D eigenvalue weighted by Crippen LogP contribution is 2.32. The van der Waals surface area contributed by atoms with E-state index in [2.05, 4.69) is 9.97 Å². The molecule has 1 aliphatic heterocycles. The third kappa shape index (κ3) is 4.93. The zero-order valence-corrected chi connectivity index (χ0v) is 16.7. The summed E-state index contributed by atoms with van der Waals surface area (Å²) in [7, 11) is 0. The number of carbonyl (C=O) groups is 2. The first kappa shape index (κ1) is 19.7. The van der Waals surface area contributed by atoms with Crippen LogP contribution >= 0.6 is 11.8 Å². The second-order valence-electron chi connectivity index (χ2n) is 7.35. The van der Waals surface area contributed by atoms with Crippen molar-refractivity contribution >= 4 is 23.6 Å². The molecule has 7 heteroatoms. The number of amides is 1. The van der Waals surface area contributed by atoms with E-state index in [9.17, 15) is 9.59 Å². The number of ether oxygens (including phenoxy) is 1. The number of likely N-dealkylation sites (tertiary alicyclic amines) is 1. The van der Waals surface area contributed by atoms with E-state index in [1.54, 1.807) is 11.8 Å². The van der Waals surface area contributed by atoms with E-state index in [0.29, 0.717) is 23.8 Å². The van der Waals surface area contributed by atoms with Gasteiger partial charge in [0.1, 0.15) is 5.60 Å². The van der Waals surface area contributed by atoms with Crippen LogP contribution in [0.3, 0.4) is 0 Å². The Morgan fingerprint density at radius 3 is 2.28 bits per heavy atom. The van der Waals surface area contributed by atoms with Crippen molar-refractivity contribution in [3.05, 3.63) is 17.0 Å². The molecular weight excluding hydrogens is 338 g/mol. The van der Waals surface area contributed by atoms with Gasteiger partial charge in [-0.05, 0) is 53.7 Å². The molecule has 1 aromatic heterocycles. The molecule has 0 radical (unpaired) electrons. The number of Topliss-reactive ketones (excluding diaryl/α,β-unsaturated/α-hetero) is 1. The Bertz CT molecular complexity index is 662. The number of thioether (sulfide) groups is 1. The summed E-state index contributed by atoms with van der Waals surface area (Å²) in [6.45, 7) is 10.2. The first-order valence-electron chi connectivity index (χ1n) is 8.53. The zero-order valence-electron chi connectivity index (χ0n) is 15.9. The van der Waals surface area contributed by atoms with E-state index in [1.165, 1.54) is 11.8 Å². The standard InChI is InChI=1S/C18H27N3O3S/c1-11-14(12(2)22)15(20-16(19-11)25-6)13-7-9-21(10-8-13)17(23)24-18(3,4)5/h13H,7-10H2,1-6H3. The molecule has 0 saturated carbocycles. The summed E-state index contributed by atoms with van der Waals surface area (Å²) in [5.74, 6) is 0.153. The third-order valence-corrected chi connectivity index (χ3v) is 4.71. The quantitative estimate of drug-likeness (QED) is 0.460. The summed E-state index contributed by atoms with van der Waals surface area (Å²) in [6, 6.07) is 0. The molecule has 138 valence electrons. The highest BCUT2D eigenvalue weighted by atomic mass is 32.2. The van der Waals surface area contributed by atoms with Crippen LogP contribution in [-0.2, 0) is 4.74 Å². The second-order valence-corrected chi connectivity index (χ2v) is 8.13. The fraction of sp³-hybridized carbons (Fsp3) is 0.667. The van der Waals surface area contributed by atoms with E-state index >= 15 is 0 Å². The maximum atomic E-state index is 12.2. The van der Waals surface area contributed by atoms with Gasteiger partial charge < -0.3 is 9.64 Å². The first-order chi connectivity index (χ1) is 11.6. The predicted octanol–water partition coefficient (Wildman–Crippen LogP) is 3.82. The Labute approximate surface area is 153 Å². The van der Waals surface area contributed by atoms with Crippen molar-refractivity contribution in [3.63, 3.8) is 0 Å². The van der Waals surface area contributed by atoms with E-state index in [4.69, 9.17) is 4.74 Å². The molecule has 0 aromatic carbocycles. The summed E-state index contributed by atoms with van der Waals surface area (Å²) in [4.78, 5) is 35.1. The number of piperidine rings is 1. The molecule has 0 unspecified atom stereocenters. The molecule has 0 spiro atoms. The molecule has 0 N–H and O–H groups in total. The summed E-state index contributed by atoms with van der Waals surface area (Å²) in [6.07, 6.45) is 3.19. The third-order valence-electron chi connectivity index (χ3n) is 4.17. The molecule has 25 heavy (non-hydrogen) atoms. The average molecular weight is 365 g/mol. The van der Waals surface area contributed by atoms with Crippen molar-refractivity contribution in [3.8, 4) is 0 Å². The lowest BCUT2D eigenvalue weighted by Crippen LogP contribution is -2.41. The maximum Gasteiger partial charge on any atom is 0.410 e. The van der Waals surface area contributed by atoms with E-state index in [1.807, 2.05) is 34.0 Å². The van der Waals surface area contributed by atoms with Gasteiger partial charge >= 0.3 is 6.09 Å². The molecule has 1 fully saturated rings. The molecule has 1 aromatic rings. The molecular formula is C18H27N3O3S. The van der Waals surface area contributed by atoms with E-state index in [-0.39, 0.29) is 17.8 Å². The summed E-state index contributed by atoms with van der Waals surface area (Å²) >= 11 is 1.48. The molecule has 0 aliphatic carbocycles. The summed E-state index contributed by atoms with van der Waals surface area (Å²) < 4.78 is 5.44. The predicted molar refractivity (Wildman–Crippen MR) is 98.3 cm³/mol. The molecule has 0 bridgehead atoms. The number of aromatic nitrogens is 2. The molecule has 1 amide bonds. The van der Waals surface area contributed by atoms with Crippen LogP contribution in [0.1, 0.15) is 68.2 Å². The number of nitrogens with zero attached hydrogens (tertiary/aromatic N) is 3. The lowest BCUT2D eigenvalue weighted by Gasteiger charge is -2.33. The Morgan fingerprint density at radius 1 is 1.20 bits per heavy atom. The lowest BCUT2D eigenvalue weighted by molar-refractivity contribution is 0.0203. The summed E-state index contributed by atoms with van der Waals surface area (Å²) in [5.41, 5.74) is 1.70. The Kier molecular flexibility index (Phi) is 6.08. The average Bonchev–Trinajstić information content (AvgIpc) is 2.52. The van der Waals surface area contributed by atoms with Crippen LogP contribution in [0.2, 0.25) is 0 Å². The topological polar surface area (TPSA) is 72.4 Å². The van der Waals surface area contributed by atoms with Crippen LogP contribution in [-0.4, -0.2) is 51.7 Å².